The van der Waals surface area contributed by atoms with E-state index >= 15 is 0 Å². The second kappa shape index (κ2) is 6.48. The number of carbonyl (C=O) groups excluding carboxylic acids is 2. The molecule has 0 aromatic rings. The summed E-state index contributed by atoms with van der Waals surface area (Å²) in [7, 11) is 0. The highest BCUT2D eigenvalue weighted by atomic mass is 16.6. The first-order chi connectivity index (χ1) is 10.3. The van der Waals surface area contributed by atoms with Crippen molar-refractivity contribution in [1.29, 1.82) is 0 Å². The molecule has 120 valence electrons. The van der Waals surface area contributed by atoms with E-state index in [0.717, 1.165) is 18.4 Å². The lowest BCUT2D eigenvalue weighted by Crippen LogP contribution is -2.38. The van der Waals surface area contributed by atoms with Gasteiger partial charge in [-0.25, -0.2) is 4.79 Å². The van der Waals surface area contributed by atoms with E-state index in [1.165, 1.54) is 6.92 Å². The maximum absolute atomic E-state index is 12.3. The molecule has 5 nitrogen and oxygen atoms in total. The zero-order valence-electron chi connectivity index (χ0n) is 13.1. The molecule has 0 aromatic carbocycles. The molecule has 4 atom stereocenters. The SMILES string of the molecule is C=C(C)C(=C)OCC1C2CCC(O2)C1C(=O)OC(=O)C(=C)C. The van der Waals surface area contributed by atoms with Crippen LogP contribution in [0.2, 0.25) is 0 Å². The van der Waals surface area contributed by atoms with Gasteiger partial charge in [0, 0.05) is 11.5 Å². The molecular formula is C17H22O5. The van der Waals surface area contributed by atoms with Crippen LogP contribution in [0.25, 0.3) is 0 Å². The maximum atomic E-state index is 12.3. The zero-order valence-corrected chi connectivity index (χ0v) is 13.1. The van der Waals surface area contributed by atoms with E-state index in [9.17, 15) is 9.59 Å². The van der Waals surface area contributed by atoms with E-state index < -0.39 is 17.9 Å². The third kappa shape index (κ3) is 3.30. The Labute approximate surface area is 130 Å². The zero-order chi connectivity index (χ0) is 16.4. The van der Waals surface area contributed by atoms with E-state index in [0.29, 0.717) is 12.4 Å². The normalized spacial score (nSPS) is 29.0. The molecule has 2 bridgehead atoms. The second-order valence-electron chi connectivity index (χ2n) is 5.98. The molecule has 0 N–H and O–H groups in total. The predicted molar refractivity (Wildman–Crippen MR) is 80.7 cm³/mol. The Morgan fingerprint density at radius 2 is 1.73 bits per heavy atom. The van der Waals surface area contributed by atoms with E-state index in [2.05, 4.69) is 19.7 Å². The molecule has 0 amide bonds. The molecular weight excluding hydrogens is 284 g/mol. The van der Waals surface area contributed by atoms with Crippen molar-refractivity contribution >= 4 is 11.9 Å². The third-order valence-electron chi connectivity index (χ3n) is 4.16. The van der Waals surface area contributed by atoms with Crippen LogP contribution >= 0.6 is 0 Å². The first kappa shape index (κ1) is 16.5. The minimum atomic E-state index is -0.696. The summed E-state index contributed by atoms with van der Waals surface area (Å²) < 4.78 is 16.3. The molecule has 0 spiro atoms. The lowest BCUT2D eigenvalue weighted by atomic mass is 9.79. The molecule has 2 saturated heterocycles. The van der Waals surface area contributed by atoms with Gasteiger partial charge in [-0.3, -0.25) is 4.79 Å². The van der Waals surface area contributed by atoms with Crippen LogP contribution in [0.1, 0.15) is 26.7 Å². The quantitative estimate of drug-likeness (QED) is 0.248. The van der Waals surface area contributed by atoms with Crippen molar-refractivity contribution in [3.05, 3.63) is 36.6 Å². The highest BCUT2D eigenvalue weighted by molar-refractivity contribution is 5.96. The smallest absolute Gasteiger partial charge is 0.340 e. The van der Waals surface area contributed by atoms with Crippen LogP contribution in [-0.2, 0) is 23.8 Å². The van der Waals surface area contributed by atoms with Crippen LogP contribution in [0, 0.1) is 11.8 Å². The average molecular weight is 306 g/mol. The second-order valence-corrected chi connectivity index (χ2v) is 5.98. The van der Waals surface area contributed by atoms with Gasteiger partial charge in [0.05, 0.1) is 24.7 Å². The summed E-state index contributed by atoms with van der Waals surface area (Å²) in [6.45, 7) is 14.6. The maximum Gasteiger partial charge on any atom is 0.340 e. The van der Waals surface area contributed by atoms with E-state index in [-0.39, 0.29) is 23.7 Å². The lowest BCUT2D eigenvalue weighted by molar-refractivity contribution is -0.162. The Bertz CT molecular complexity index is 533. The van der Waals surface area contributed by atoms with Crippen molar-refractivity contribution in [2.24, 2.45) is 11.8 Å². The summed E-state index contributed by atoms with van der Waals surface area (Å²) in [6, 6.07) is 0. The minimum absolute atomic E-state index is 0.0413. The molecule has 0 aromatic heterocycles. The lowest BCUT2D eigenvalue weighted by Gasteiger charge is -2.26. The van der Waals surface area contributed by atoms with Gasteiger partial charge in [-0.2, -0.15) is 0 Å². The first-order valence-electron chi connectivity index (χ1n) is 7.35. The number of fused-ring (bicyclic) bond motifs is 2. The minimum Gasteiger partial charge on any atom is -0.494 e. The van der Waals surface area contributed by atoms with Gasteiger partial charge in [-0.05, 0) is 32.3 Å². The summed E-state index contributed by atoms with van der Waals surface area (Å²) in [5.74, 6) is -1.39. The van der Waals surface area contributed by atoms with Crippen molar-refractivity contribution in [2.75, 3.05) is 6.61 Å². The molecule has 2 heterocycles. The summed E-state index contributed by atoms with van der Waals surface area (Å²) in [5, 5.41) is 0. The summed E-state index contributed by atoms with van der Waals surface area (Å²) >= 11 is 0. The van der Waals surface area contributed by atoms with Gasteiger partial charge < -0.3 is 14.2 Å². The molecule has 2 rings (SSSR count). The van der Waals surface area contributed by atoms with Crippen molar-refractivity contribution in [3.63, 3.8) is 0 Å². The van der Waals surface area contributed by atoms with Crippen LogP contribution in [-0.4, -0.2) is 30.8 Å². The van der Waals surface area contributed by atoms with E-state index in [1.807, 2.05) is 0 Å². The fourth-order valence-corrected chi connectivity index (χ4v) is 2.88. The Morgan fingerprint density at radius 1 is 1.09 bits per heavy atom. The molecule has 2 fully saturated rings. The summed E-state index contributed by atoms with van der Waals surface area (Å²) in [4.78, 5) is 23.8. The fourth-order valence-electron chi connectivity index (χ4n) is 2.88. The highest BCUT2D eigenvalue weighted by Gasteiger charge is 2.53. The Kier molecular flexibility index (Phi) is 4.86. The topological polar surface area (TPSA) is 61.8 Å². The van der Waals surface area contributed by atoms with E-state index in [1.54, 1.807) is 6.92 Å². The number of esters is 2. The summed E-state index contributed by atoms with van der Waals surface area (Å²) in [5.41, 5.74) is 0.932. The van der Waals surface area contributed by atoms with Gasteiger partial charge in [-0.15, -0.1) is 0 Å². The molecule has 2 aliphatic heterocycles. The van der Waals surface area contributed by atoms with Gasteiger partial charge in [-0.1, -0.05) is 19.7 Å². The van der Waals surface area contributed by atoms with Crippen LogP contribution in [0.5, 0.6) is 0 Å². The first-order valence-corrected chi connectivity index (χ1v) is 7.35. The number of hydrogen-bond donors (Lipinski definition) is 0. The molecule has 0 saturated carbocycles. The standard InChI is InChI=1S/C17H22O5/c1-9(2)11(5)20-8-12-13-6-7-14(21-13)15(12)17(19)22-16(18)10(3)4/h12-15H,1,3,5-8H2,2,4H3. The fraction of sp³-hybridized carbons (Fsp3) is 0.529. The Balaban J connectivity index is 2.02. The molecule has 2 aliphatic rings. The average Bonchev–Trinajstić information content (AvgIpc) is 3.04. The number of ether oxygens (including phenoxy) is 3. The summed E-state index contributed by atoms with van der Waals surface area (Å²) in [6.07, 6.45) is 1.43. The molecule has 22 heavy (non-hydrogen) atoms. The van der Waals surface area contributed by atoms with Gasteiger partial charge in [0.25, 0.3) is 0 Å². The van der Waals surface area contributed by atoms with Crippen LogP contribution in [0.15, 0.2) is 36.6 Å². The van der Waals surface area contributed by atoms with Gasteiger partial charge in [0.2, 0.25) is 0 Å². The highest BCUT2D eigenvalue weighted by Crippen LogP contribution is 2.44. The number of hydrogen-bond acceptors (Lipinski definition) is 5. The van der Waals surface area contributed by atoms with Gasteiger partial charge in [0.1, 0.15) is 5.76 Å². The molecule has 0 radical (unpaired) electrons. The van der Waals surface area contributed by atoms with Crippen LogP contribution in [0.4, 0.5) is 0 Å². The van der Waals surface area contributed by atoms with Crippen LogP contribution in [0.3, 0.4) is 0 Å². The number of rotatable bonds is 6. The monoisotopic (exact) mass is 306 g/mol. The van der Waals surface area contributed by atoms with E-state index in [4.69, 9.17) is 14.2 Å². The predicted octanol–water partition coefficient (Wildman–Crippen LogP) is 2.53. The Hall–Kier alpha value is -1.88. The number of allylic oxidation sites excluding steroid dienone is 1. The van der Waals surface area contributed by atoms with Crippen molar-refractivity contribution in [1.82, 2.24) is 0 Å². The largest absolute Gasteiger partial charge is 0.494 e. The van der Waals surface area contributed by atoms with Crippen LogP contribution < -0.4 is 0 Å². The number of carbonyl (C=O) groups is 2. The molecule has 5 heteroatoms. The van der Waals surface area contributed by atoms with Crippen molar-refractivity contribution in [2.45, 2.75) is 38.9 Å². The molecule has 0 aliphatic carbocycles. The molecule has 4 unspecified atom stereocenters. The van der Waals surface area contributed by atoms with Crippen molar-refractivity contribution in [3.8, 4) is 0 Å². The Morgan fingerprint density at radius 3 is 2.32 bits per heavy atom. The third-order valence-corrected chi connectivity index (χ3v) is 4.16. The van der Waals surface area contributed by atoms with Crippen molar-refractivity contribution < 1.29 is 23.8 Å². The van der Waals surface area contributed by atoms with Gasteiger partial charge >= 0.3 is 11.9 Å². The van der Waals surface area contributed by atoms with Gasteiger partial charge in [0.15, 0.2) is 0 Å².